The molecule has 1 aliphatic heterocycles. The van der Waals surface area contributed by atoms with E-state index in [1.165, 1.54) is 12.8 Å². The van der Waals surface area contributed by atoms with Crippen molar-refractivity contribution in [2.45, 2.75) is 12.8 Å². The summed E-state index contributed by atoms with van der Waals surface area (Å²) in [4.78, 5) is 0. The summed E-state index contributed by atoms with van der Waals surface area (Å²) in [6.45, 7) is 2.00. The van der Waals surface area contributed by atoms with Gasteiger partial charge in [-0.3, -0.25) is 0 Å². The number of hydrogen-bond acceptors (Lipinski definition) is 1. The van der Waals surface area contributed by atoms with Crippen molar-refractivity contribution in [2.24, 2.45) is 0 Å². The second-order valence-electron chi connectivity index (χ2n) is 1.57. The third-order valence-corrected chi connectivity index (χ3v) is 0.827. The molecule has 1 fully saturated rings. The maximum absolute atomic E-state index is 4.94. The Balaban J connectivity index is 0.000000148. The zero-order valence-electron chi connectivity index (χ0n) is 4.95. The van der Waals surface area contributed by atoms with Gasteiger partial charge in [0.1, 0.15) is 0 Å². The summed E-state index contributed by atoms with van der Waals surface area (Å²) in [6.07, 6.45) is 2.56. The Morgan fingerprint density at radius 2 is 1.33 bits per heavy atom. The summed E-state index contributed by atoms with van der Waals surface area (Å²) in [5, 5.41) is 0. The molecule has 0 aromatic heterocycles. The van der Waals surface area contributed by atoms with Crippen LogP contribution in [0.5, 0.6) is 0 Å². The average Bonchev–Trinajstić information content (AvgIpc) is 2.11. The molecule has 0 saturated carbocycles. The quantitative estimate of drug-likeness (QED) is 0.552. The smallest absolute Gasteiger partial charge is 0.381 e. The molecule has 0 aromatic carbocycles. The third-order valence-electron chi connectivity index (χ3n) is 0.827. The standard InChI is InChI=1S/C4H8O.Al.3ClH/c1-2-4-5-3-1;;;;/h1-4H2;;3*1H/q;+3;;;/p-3. The minimum absolute atomic E-state index is 1.00. The van der Waals surface area contributed by atoms with E-state index < -0.39 is 11.4 Å². The highest BCUT2D eigenvalue weighted by molar-refractivity contribution is 7.54. The Kier molecular flexibility index (Phi) is 8.60. The van der Waals surface area contributed by atoms with E-state index in [1.54, 1.807) is 0 Å². The number of rotatable bonds is 0. The van der Waals surface area contributed by atoms with Gasteiger partial charge in [0.05, 0.1) is 0 Å². The van der Waals surface area contributed by atoms with Crippen LogP contribution in [0.1, 0.15) is 12.8 Å². The Bertz CT molecular complexity index is 47.4. The van der Waals surface area contributed by atoms with Crippen LogP contribution in [0, 0.1) is 0 Å². The molecule has 54 valence electrons. The predicted octanol–water partition coefficient (Wildman–Crippen LogP) is 2.48. The molecular formula is C4H8AlCl3O. The maximum Gasteiger partial charge on any atom is 0.643 e. The molecule has 9 heavy (non-hydrogen) atoms. The van der Waals surface area contributed by atoms with E-state index in [9.17, 15) is 0 Å². The van der Waals surface area contributed by atoms with Crippen LogP contribution < -0.4 is 0 Å². The van der Waals surface area contributed by atoms with Crippen molar-refractivity contribution in [3.05, 3.63) is 0 Å². The van der Waals surface area contributed by atoms with Crippen LogP contribution in [-0.2, 0) is 4.74 Å². The summed E-state index contributed by atoms with van der Waals surface area (Å²) in [7, 11) is 14.8. The third kappa shape index (κ3) is 12.5. The van der Waals surface area contributed by atoms with Gasteiger partial charge in [-0.15, -0.1) is 0 Å². The van der Waals surface area contributed by atoms with E-state index >= 15 is 0 Å². The van der Waals surface area contributed by atoms with E-state index in [4.69, 9.17) is 34.9 Å². The lowest BCUT2D eigenvalue weighted by Gasteiger charge is -1.76. The molecule has 0 amide bonds. The lowest BCUT2D eigenvalue weighted by Crippen LogP contribution is -1.74. The van der Waals surface area contributed by atoms with Crippen LogP contribution in [-0.4, -0.2) is 24.6 Å². The van der Waals surface area contributed by atoms with E-state index in [2.05, 4.69) is 0 Å². The number of hydrogen-bond donors (Lipinski definition) is 0. The topological polar surface area (TPSA) is 9.23 Å². The zero-order chi connectivity index (χ0) is 7.11. The first-order valence-corrected chi connectivity index (χ1v) is 7.97. The first-order valence-electron chi connectivity index (χ1n) is 2.73. The fraction of sp³-hybridized carbons (Fsp3) is 1.00. The first kappa shape index (κ1) is 10.4. The molecule has 0 N–H and O–H groups in total. The molecular weight excluding hydrogens is 197 g/mol. The van der Waals surface area contributed by atoms with Gasteiger partial charge in [0.25, 0.3) is 0 Å². The predicted molar refractivity (Wildman–Crippen MR) is 43.4 cm³/mol. The van der Waals surface area contributed by atoms with Crippen molar-refractivity contribution in [2.75, 3.05) is 13.2 Å². The second-order valence-corrected chi connectivity index (χ2v) is 8.00. The molecule has 0 atom stereocenters. The van der Waals surface area contributed by atoms with Gasteiger partial charge in [0, 0.05) is 13.2 Å². The average molecular weight is 205 g/mol. The van der Waals surface area contributed by atoms with Crippen LogP contribution in [0.25, 0.3) is 0 Å². The highest BCUT2D eigenvalue weighted by Gasteiger charge is 2.00. The zero-order valence-corrected chi connectivity index (χ0v) is 8.37. The molecule has 0 bridgehead atoms. The van der Waals surface area contributed by atoms with Gasteiger partial charge in [0.15, 0.2) is 0 Å². The van der Waals surface area contributed by atoms with Crippen molar-refractivity contribution >= 4 is 41.5 Å². The maximum atomic E-state index is 4.94. The number of ether oxygens (including phenoxy) is 1. The minimum Gasteiger partial charge on any atom is -0.381 e. The van der Waals surface area contributed by atoms with E-state index in [0.29, 0.717) is 0 Å². The molecule has 0 radical (unpaired) electrons. The molecule has 0 aliphatic carbocycles. The highest BCUT2D eigenvalue weighted by Crippen LogP contribution is 1.98. The lowest BCUT2D eigenvalue weighted by molar-refractivity contribution is 0.198. The van der Waals surface area contributed by atoms with E-state index in [0.717, 1.165) is 13.2 Å². The fourth-order valence-corrected chi connectivity index (χ4v) is 0.510. The SMILES string of the molecule is C1CCOC1.[Cl][Al]([Cl])[Cl]. The Labute approximate surface area is 72.2 Å². The number of halogens is 3. The molecule has 1 aliphatic rings. The molecule has 1 rings (SSSR count). The van der Waals surface area contributed by atoms with Gasteiger partial charge in [-0.25, -0.2) is 30.1 Å². The second kappa shape index (κ2) is 7.47. The normalized spacial score (nSPS) is 16.3. The molecule has 1 saturated heterocycles. The molecule has 0 spiro atoms. The summed E-state index contributed by atoms with van der Waals surface area (Å²) < 4.78 is 4.94. The van der Waals surface area contributed by atoms with Crippen LogP contribution >= 0.6 is 30.1 Å². The van der Waals surface area contributed by atoms with Crippen molar-refractivity contribution in [3.8, 4) is 0 Å². The molecule has 1 nitrogen and oxygen atoms in total. The summed E-state index contributed by atoms with van der Waals surface area (Å²) in [6, 6.07) is 0. The van der Waals surface area contributed by atoms with Crippen molar-refractivity contribution in [3.63, 3.8) is 0 Å². The van der Waals surface area contributed by atoms with Crippen LogP contribution in [0.15, 0.2) is 0 Å². The van der Waals surface area contributed by atoms with Gasteiger partial charge in [-0.2, -0.15) is 0 Å². The first-order chi connectivity index (χ1) is 4.23. The Morgan fingerprint density at radius 1 is 1.00 bits per heavy atom. The summed E-state index contributed by atoms with van der Waals surface area (Å²) >= 11 is -1.72. The van der Waals surface area contributed by atoms with E-state index in [1.807, 2.05) is 0 Å². The molecule has 5 heteroatoms. The van der Waals surface area contributed by atoms with Crippen molar-refractivity contribution < 1.29 is 4.74 Å². The minimum atomic E-state index is -1.72. The molecule has 0 unspecified atom stereocenters. The lowest BCUT2D eigenvalue weighted by atomic mass is 10.4. The fourth-order valence-electron chi connectivity index (χ4n) is 0.510. The van der Waals surface area contributed by atoms with Gasteiger partial charge >= 0.3 is 11.4 Å². The van der Waals surface area contributed by atoms with Crippen molar-refractivity contribution in [1.29, 1.82) is 0 Å². The van der Waals surface area contributed by atoms with Gasteiger partial charge in [-0.1, -0.05) is 0 Å². The molecule has 1 heterocycles. The van der Waals surface area contributed by atoms with Crippen LogP contribution in [0.2, 0.25) is 0 Å². The summed E-state index contributed by atoms with van der Waals surface area (Å²) in [5.41, 5.74) is 0. The summed E-state index contributed by atoms with van der Waals surface area (Å²) in [5.74, 6) is 0. The largest absolute Gasteiger partial charge is 0.643 e. The van der Waals surface area contributed by atoms with Gasteiger partial charge < -0.3 is 4.74 Å². The Hall–Kier alpha value is 1.36. The van der Waals surface area contributed by atoms with E-state index in [-0.39, 0.29) is 0 Å². The monoisotopic (exact) mass is 204 g/mol. The van der Waals surface area contributed by atoms with Gasteiger partial charge in [-0.05, 0) is 12.8 Å². The molecule has 0 aromatic rings. The van der Waals surface area contributed by atoms with Crippen LogP contribution in [0.3, 0.4) is 0 Å². The van der Waals surface area contributed by atoms with Crippen molar-refractivity contribution in [1.82, 2.24) is 0 Å². The Morgan fingerprint density at radius 3 is 1.44 bits per heavy atom. The highest BCUT2D eigenvalue weighted by atomic mass is 35.8. The van der Waals surface area contributed by atoms with Crippen LogP contribution in [0.4, 0.5) is 0 Å². The van der Waals surface area contributed by atoms with Gasteiger partial charge in [0.2, 0.25) is 0 Å².